The highest BCUT2D eigenvalue weighted by molar-refractivity contribution is 6.74. The Morgan fingerprint density at radius 1 is 1.06 bits per heavy atom. The van der Waals surface area contributed by atoms with E-state index in [-0.39, 0.29) is 16.6 Å². The van der Waals surface area contributed by atoms with E-state index in [9.17, 15) is 9.59 Å². The van der Waals surface area contributed by atoms with E-state index in [4.69, 9.17) is 4.43 Å². The van der Waals surface area contributed by atoms with Crippen LogP contribution in [-0.2, 0) is 14.0 Å². The molecule has 0 amide bonds. The lowest BCUT2D eigenvalue weighted by Crippen LogP contribution is -2.42. The van der Waals surface area contributed by atoms with E-state index in [1.165, 1.54) is 11.1 Å². The lowest BCUT2D eigenvalue weighted by Gasteiger charge is -2.38. The molecule has 3 nitrogen and oxygen atoms in total. The van der Waals surface area contributed by atoms with Crippen molar-refractivity contribution >= 4 is 19.9 Å². The molecule has 0 aromatic carbocycles. The Hall–Kier alpha value is -1.68. The number of Topliss-reactive ketones (excluding diaryl/α,β-unsaturated/α-hetero) is 1. The zero-order chi connectivity index (χ0) is 23.8. The molecule has 0 N–H and O–H groups in total. The molecule has 0 aliphatic heterocycles. The summed E-state index contributed by atoms with van der Waals surface area (Å²) in [6.07, 6.45) is 12.0. The Balaban J connectivity index is 3.21. The van der Waals surface area contributed by atoms with Gasteiger partial charge in [0.2, 0.25) is 5.78 Å². The Kier molecular flexibility index (Phi) is 10.4. The minimum atomic E-state index is -2.25. The lowest BCUT2D eigenvalue weighted by atomic mass is 9.90. The van der Waals surface area contributed by atoms with Crippen molar-refractivity contribution < 1.29 is 14.0 Å². The molecule has 0 aromatic heterocycles. The number of unbranched alkanes of at least 4 members (excludes halogenated alkanes) is 2. The molecule has 174 valence electrons. The van der Waals surface area contributed by atoms with Crippen molar-refractivity contribution in [2.75, 3.05) is 0 Å². The number of hydrogen-bond donors (Lipinski definition) is 0. The van der Waals surface area contributed by atoms with E-state index in [1.54, 1.807) is 6.08 Å². The molecule has 0 aromatic rings. The first-order valence-electron chi connectivity index (χ1n) is 11.8. The van der Waals surface area contributed by atoms with Gasteiger partial charge in [0, 0.05) is 11.1 Å². The molecular weight excluding hydrogens is 400 g/mol. The average Bonchev–Trinajstić information content (AvgIpc) is 2.63. The molecule has 0 radical (unpaired) electrons. The van der Waals surface area contributed by atoms with Gasteiger partial charge in [-0.05, 0) is 77.1 Å². The number of carbonyl (C=O) groups excluding carboxylic acids is 2. The topological polar surface area (TPSA) is 43.4 Å². The summed E-state index contributed by atoms with van der Waals surface area (Å²) in [6, 6.07) is 0. The maximum absolute atomic E-state index is 13.4. The third-order valence-corrected chi connectivity index (χ3v) is 10.7. The van der Waals surface area contributed by atoms with E-state index in [0.717, 1.165) is 32.1 Å². The summed E-state index contributed by atoms with van der Waals surface area (Å²) in [5.41, 5.74) is 3.68. The number of hydrogen-bond acceptors (Lipinski definition) is 3. The largest absolute Gasteiger partial charge is 0.541 e. The second-order valence-corrected chi connectivity index (χ2v) is 15.3. The van der Waals surface area contributed by atoms with E-state index in [2.05, 4.69) is 73.7 Å². The maximum atomic E-state index is 13.4. The third kappa shape index (κ3) is 8.40. The second kappa shape index (κ2) is 11.8. The van der Waals surface area contributed by atoms with Crippen LogP contribution in [0.4, 0.5) is 0 Å². The van der Waals surface area contributed by atoms with Gasteiger partial charge in [0.15, 0.2) is 11.5 Å². The maximum Gasteiger partial charge on any atom is 0.250 e. The van der Waals surface area contributed by atoms with Crippen LogP contribution in [0.2, 0.25) is 18.1 Å². The first-order valence-corrected chi connectivity index (χ1v) is 14.7. The highest BCUT2D eigenvalue weighted by atomic mass is 28.4. The first-order chi connectivity index (χ1) is 14.3. The zero-order valence-electron chi connectivity index (χ0n) is 21.4. The molecule has 1 rings (SSSR count). The minimum Gasteiger partial charge on any atom is -0.541 e. The molecule has 0 bridgehead atoms. The quantitative estimate of drug-likeness (QED) is 0.140. The van der Waals surface area contributed by atoms with Crippen molar-refractivity contribution in [2.45, 2.75) is 112 Å². The SMILES string of the molecule is CCCCCC1=CC(=O)C(C/C=C(\C)CCC=C(C)C)=C(O[Si](C)(C)C(C)(C)C)C1=O. The summed E-state index contributed by atoms with van der Waals surface area (Å²) in [4.78, 5) is 26.4. The monoisotopic (exact) mass is 444 g/mol. The first kappa shape index (κ1) is 27.4. The van der Waals surface area contributed by atoms with Gasteiger partial charge in [-0.1, -0.05) is 63.8 Å². The minimum absolute atomic E-state index is 0.0475. The van der Waals surface area contributed by atoms with Gasteiger partial charge in [0.25, 0.3) is 8.32 Å². The Morgan fingerprint density at radius 3 is 2.26 bits per heavy atom. The van der Waals surface area contributed by atoms with E-state index >= 15 is 0 Å². The lowest BCUT2D eigenvalue weighted by molar-refractivity contribution is -0.117. The summed E-state index contributed by atoms with van der Waals surface area (Å²) in [6.45, 7) is 19.2. The van der Waals surface area contributed by atoms with Gasteiger partial charge in [-0.15, -0.1) is 0 Å². The van der Waals surface area contributed by atoms with Gasteiger partial charge in [-0.25, -0.2) is 0 Å². The number of rotatable bonds is 11. The smallest absolute Gasteiger partial charge is 0.250 e. The van der Waals surface area contributed by atoms with Gasteiger partial charge in [0.1, 0.15) is 0 Å². The van der Waals surface area contributed by atoms with Crippen molar-refractivity contribution in [1.82, 2.24) is 0 Å². The number of ketones is 2. The van der Waals surface area contributed by atoms with Crippen LogP contribution in [0.5, 0.6) is 0 Å². The fourth-order valence-electron chi connectivity index (χ4n) is 3.13. The van der Waals surface area contributed by atoms with Crippen LogP contribution in [0.25, 0.3) is 0 Å². The standard InChI is InChI=1S/C27H44O3Si/c1-10-11-12-16-22-19-24(28)23(18-17-21(4)15-13-14-20(2)3)26(25(22)29)30-31(8,9)27(5,6)7/h14,17,19H,10-13,15-16,18H2,1-9H3/b21-17+. The van der Waals surface area contributed by atoms with Gasteiger partial charge < -0.3 is 4.43 Å². The highest BCUT2D eigenvalue weighted by Gasteiger charge is 2.42. The van der Waals surface area contributed by atoms with Crippen molar-refractivity contribution in [2.24, 2.45) is 0 Å². The van der Waals surface area contributed by atoms with Gasteiger partial charge >= 0.3 is 0 Å². The molecule has 0 saturated carbocycles. The molecule has 0 spiro atoms. The van der Waals surface area contributed by atoms with E-state index in [1.807, 2.05) is 0 Å². The molecule has 1 aliphatic rings. The molecular formula is C27H44O3Si. The molecule has 31 heavy (non-hydrogen) atoms. The predicted molar refractivity (Wildman–Crippen MR) is 135 cm³/mol. The normalized spacial score (nSPS) is 15.9. The van der Waals surface area contributed by atoms with Crippen LogP contribution in [0, 0.1) is 0 Å². The van der Waals surface area contributed by atoms with Crippen molar-refractivity contribution in [3.8, 4) is 0 Å². The second-order valence-electron chi connectivity index (χ2n) is 10.6. The van der Waals surface area contributed by atoms with Crippen molar-refractivity contribution in [1.29, 1.82) is 0 Å². The van der Waals surface area contributed by atoms with Gasteiger partial charge in [-0.2, -0.15) is 0 Å². The fourth-order valence-corrected chi connectivity index (χ4v) is 4.17. The Bertz CT molecular complexity index is 782. The van der Waals surface area contributed by atoms with E-state index in [0.29, 0.717) is 29.7 Å². The summed E-state index contributed by atoms with van der Waals surface area (Å²) >= 11 is 0. The molecule has 0 saturated heterocycles. The number of carbonyl (C=O) groups is 2. The van der Waals surface area contributed by atoms with Crippen molar-refractivity contribution in [3.05, 3.63) is 46.3 Å². The van der Waals surface area contributed by atoms with E-state index < -0.39 is 8.32 Å². The zero-order valence-corrected chi connectivity index (χ0v) is 22.4. The van der Waals surface area contributed by atoms with Crippen LogP contribution < -0.4 is 0 Å². The molecule has 4 heteroatoms. The van der Waals surface area contributed by atoms with Crippen LogP contribution in [0.15, 0.2) is 46.3 Å². The summed E-state index contributed by atoms with van der Waals surface area (Å²) < 4.78 is 6.49. The van der Waals surface area contributed by atoms with Crippen LogP contribution in [0.1, 0.15) is 93.4 Å². The van der Waals surface area contributed by atoms with Gasteiger partial charge in [0.05, 0.1) is 0 Å². The van der Waals surface area contributed by atoms with Gasteiger partial charge in [-0.3, -0.25) is 9.59 Å². The molecule has 0 fully saturated rings. The Labute approximate surface area is 191 Å². The predicted octanol–water partition coefficient (Wildman–Crippen LogP) is 8.00. The summed E-state index contributed by atoms with van der Waals surface area (Å²) in [5, 5.41) is -0.0475. The molecule has 1 aliphatic carbocycles. The van der Waals surface area contributed by atoms with Crippen molar-refractivity contribution in [3.63, 3.8) is 0 Å². The fraction of sp³-hybridized carbons (Fsp3) is 0.630. The summed E-state index contributed by atoms with van der Waals surface area (Å²) in [7, 11) is -2.25. The number of allylic oxidation sites excluding steroid dienone is 7. The van der Waals surface area contributed by atoms with Crippen LogP contribution in [0.3, 0.4) is 0 Å². The van der Waals surface area contributed by atoms with Crippen LogP contribution in [-0.4, -0.2) is 19.9 Å². The Morgan fingerprint density at radius 2 is 1.71 bits per heavy atom. The molecule has 0 atom stereocenters. The highest BCUT2D eigenvalue weighted by Crippen LogP contribution is 2.40. The molecule has 0 heterocycles. The van der Waals surface area contributed by atoms with Crippen LogP contribution >= 0.6 is 0 Å². The summed E-state index contributed by atoms with van der Waals surface area (Å²) in [5.74, 6) is 0.179. The average molecular weight is 445 g/mol. The molecule has 0 unspecified atom stereocenters. The third-order valence-electron chi connectivity index (χ3n) is 6.33.